The van der Waals surface area contributed by atoms with Crippen molar-refractivity contribution in [3.8, 4) is 5.75 Å². The predicted octanol–water partition coefficient (Wildman–Crippen LogP) is 4.48. The van der Waals surface area contributed by atoms with Gasteiger partial charge in [0, 0.05) is 11.6 Å². The molecule has 0 bridgehead atoms. The summed E-state index contributed by atoms with van der Waals surface area (Å²) in [6.45, 7) is 5.48. The predicted molar refractivity (Wildman–Crippen MR) is 111 cm³/mol. The van der Waals surface area contributed by atoms with Gasteiger partial charge in [-0.3, -0.25) is 4.79 Å². The largest absolute Gasteiger partial charge is 0.489 e. The average Bonchev–Trinajstić information content (AvgIpc) is 3.14. The molecule has 0 spiro atoms. The Labute approximate surface area is 175 Å². The van der Waals surface area contributed by atoms with Crippen LogP contribution in [-0.2, 0) is 16.1 Å². The lowest BCUT2D eigenvalue weighted by atomic mass is 10.1. The Morgan fingerprint density at radius 1 is 1.07 bits per heavy atom. The molecular formula is C23H24N2O5. The Kier molecular flexibility index (Phi) is 6.85. The van der Waals surface area contributed by atoms with Gasteiger partial charge in [-0.05, 0) is 36.8 Å². The van der Waals surface area contributed by atoms with Crippen LogP contribution in [0.2, 0.25) is 0 Å². The van der Waals surface area contributed by atoms with Crippen molar-refractivity contribution in [2.24, 2.45) is 0 Å². The van der Waals surface area contributed by atoms with Crippen molar-refractivity contribution >= 4 is 17.6 Å². The number of rotatable bonds is 8. The number of nitrogens with zero attached hydrogens (tertiary/aromatic N) is 1. The fourth-order valence-electron chi connectivity index (χ4n) is 2.81. The summed E-state index contributed by atoms with van der Waals surface area (Å²) in [5.74, 6) is 0.0420. The van der Waals surface area contributed by atoms with Crippen LogP contribution in [-0.4, -0.2) is 23.6 Å². The van der Waals surface area contributed by atoms with Gasteiger partial charge in [0.05, 0.1) is 5.69 Å². The maximum Gasteiger partial charge on any atom is 0.344 e. The summed E-state index contributed by atoms with van der Waals surface area (Å²) >= 11 is 0. The Bertz CT molecular complexity index is 994. The van der Waals surface area contributed by atoms with Crippen LogP contribution in [0.25, 0.3) is 0 Å². The highest BCUT2D eigenvalue weighted by Gasteiger charge is 2.24. The standard InChI is InChI=1S/C23H24N2O5/c1-15(2)22-21(16(3)25-30-22)23(27)29-14-20(26)24-18-9-11-19(12-10-18)28-13-17-7-5-4-6-8-17/h4-12,15H,13-14H2,1-3H3,(H,24,26). The van der Waals surface area contributed by atoms with Gasteiger partial charge in [0.25, 0.3) is 5.91 Å². The van der Waals surface area contributed by atoms with Gasteiger partial charge in [-0.2, -0.15) is 0 Å². The first-order chi connectivity index (χ1) is 14.4. The minimum absolute atomic E-state index is 0.0230. The second kappa shape index (κ2) is 9.73. The molecule has 0 aliphatic rings. The lowest BCUT2D eigenvalue weighted by Gasteiger charge is -2.09. The molecule has 2 aromatic carbocycles. The Morgan fingerprint density at radius 3 is 2.43 bits per heavy atom. The molecule has 1 N–H and O–H groups in total. The van der Waals surface area contributed by atoms with E-state index >= 15 is 0 Å². The monoisotopic (exact) mass is 408 g/mol. The van der Waals surface area contributed by atoms with E-state index in [0.717, 1.165) is 5.56 Å². The molecule has 0 aliphatic carbocycles. The maximum absolute atomic E-state index is 12.3. The average molecular weight is 408 g/mol. The lowest BCUT2D eigenvalue weighted by molar-refractivity contribution is -0.119. The number of carbonyl (C=O) groups excluding carboxylic acids is 2. The van der Waals surface area contributed by atoms with Crippen LogP contribution in [0, 0.1) is 6.92 Å². The molecule has 7 heteroatoms. The molecule has 0 fully saturated rings. The Hall–Kier alpha value is -3.61. The lowest BCUT2D eigenvalue weighted by Crippen LogP contribution is -2.21. The third kappa shape index (κ3) is 5.47. The highest BCUT2D eigenvalue weighted by Crippen LogP contribution is 2.23. The number of anilines is 1. The molecule has 0 saturated carbocycles. The number of ether oxygens (including phenoxy) is 2. The smallest absolute Gasteiger partial charge is 0.344 e. The first-order valence-electron chi connectivity index (χ1n) is 9.64. The van der Waals surface area contributed by atoms with Gasteiger partial charge in [-0.25, -0.2) is 4.79 Å². The molecule has 1 amide bonds. The number of benzene rings is 2. The molecule has 156 valence electrons. The van der Waals surface area contributed by atoms with E-state index in [-0.39, 0.29) is 11.5 Å². The van der Waals surface area contributed by atoms with E-state index in [0.29, 0.717) is 29.5 Å². The number of hydrogen-bond donors (Lipinski definition) is 1. The van der Waals surface area contributed by atoms with E-state index < -0.39 is 18.5 Å². The Balaban J connectivity index is 1.49. The van der Waals surface area contributed by atoms with Gasteiger partial charge in [0.1, 0.15) is 17.9 Å². The number of carbonyl (C=O) groups is 2. The van der Waals surface area contributed by atoms with Gasteiger partial charge in [0.15, 0.2) is 12.4 Å². The summed E-state index contributed by atoms with van der Waals surface area (Å²) in [6, 6.07) is 16.8. The molecule has 3 rings (SSSR count). The summed E-state index contributed by atoms with van der Waals surface area (Å²) in [7, 11) is 0. The number of amides is 1. The van der Waals surface area contributed by atoms with Crippen molar-refractivity contribution in [3.05, 3.63) is 77.2 Å². The van der Waals surface area contributed by atoms with Crippen LogP contribution >= 0.6 is 0 Å². The molecule has 3 aromatic rings. The molecular weight excluding hydrogens is 384 g/mol. The van der Waals surface area contributed by atoms with Gasteiger partial charge >= 0.3 is 5.97 Å². The molecule has 1 aromatic heterocycles. The summed E-state index contributed by atoms with van der Waals surface area (Å²) in [5, 5.41) is 6.49. The number of nitrogens with one attached hydrogen (secondary N) is 1. The quantitative estimate of drug-likeness (QED) is 0.553. The van der Waals surface area contributed by atoms with Crippen LogP contribution in [0.4, 0.5) is 5.69 Å². The zero-order valence-corrected chi connectivity index (χ0v) is 17.2. The topological polar surface area (TPSA) is 90.7 Å². The summed E-state index contributed by atoms with van der Waals surface area (Å²) in [4.78, 5) is 24.5. The minimum atomic E-state index is -0.628. The second-order valence-electron chi connectivity index (χ2n) is 7.08. The van der Waals surface area contributed by atoms with Crippen LogP contribution in [0.1, 0.15) is 47.1 Å². The van der Waals surface area contributed by atoms with Gasteiger partial charge in [-0.15, -0.1) is 0 Å². The zero-order chi connectivity index (χ0) is 21.5. The highest BCUT2D eigenvalue weighted by atomic mass is 16.5. The number of aryl methyl sites for hydroxylation is 1. The number of hydrogen-bond acceptors (Lipinski definition) is 6. The first kappa shape index (κ1) is 21.1. The van der Waals surface area contributed by atoms with E-state index in [1.165, 1.54) is 0 Å². The van der Waals surface area contributed by atoms with Crippen molar-refractivity contribution in [3.63, 3.8) is 0 Å². The van der Waals surface area contributed by atoms with Crippen molar-refractivity contribution in [1.82, 2.24) is 5.16 Å². The summed E-state index contributed by atoms with van der Waals surface area (Å²) < 4.78 is 16.0. The van der Waals surface area contributed by atoms with E-state index in [9.17, 15) is 9.59 Å². The molecule has 0 unspecified atom stereocenters. The van der Waals surface area contributed by atoms with E-state index in [2.05, 4.69) is 10.5 Å². The zero-order valence-electron chi connectivity index (χ0n) is 17.2. The first-order valence-corrected chi connectivity index (χ1v) is 9.64. The summed E-state index contributed by atoms with van der Waals surface area (Å²) in [5.41, 5.74) is 2.36. The van der Waals surface area contributed by atoms with Crippen molar-refractivity contribution in [1.29, 1.82) is 0 Å². The van der Waals surface area contributed by atoms with Crippen LogP contribution in [0.3, 0.4) is 0 Å². The molecule has 7 nitrogen and oxygen atoms in total. The van der Waals surface area contributed by atoms with Crippen molar-refractivity contribution in [2.45, 2.75) is 33.3 Å². The molecule has 0 saturated heterocycles. The van der Waals surface area contributed by atoms with E-state index in [1.54, 1.807) is 31.2 Å². The van der Waals surface area contributed by atoms with Gasteiger partial charge < -0.3 is 19.3 Å². The van der Waals surface area contributed by atoms with Crippen LogP contribution < -0.4 is 10.1 Å². The highest BCUT2D eigenvalue weighted by molar-refractivity contribution is 5.96. The van der Waals surface area contributed by atoms with Crippen molar-refractivity contribution in [2.75, 3.05) is 11.9 Å². The van der Waals surface area contributed by atoms with E-state index in [1.807, 2.05) is 44.2 Å². The fourth-order valence-corrected chi connectivity index (χ4v) is 2.81. The minimum Gasteiger partial charge on any atom is -0.489 e. The van der Waals surface area contributed by atoms with Crippen LogP contribution in [0.15, 0.2) is 59.1 Å². The van der Waals surface area contributed by atoms with Gasteiger partial charge in [-0.1, -0.05) is 49.3 Å². The Morgan fingerprint density at radius 2 is 1.77 bits per heavy atom. The molecule has 30 heavy (non-hydrogen) atoms. The molecule has 0 radical (unpaired) electrons. The summed E-state index contributed by atoms with van der Waals surface area (Å²) in [6.07, 6.45) is 0. The second-order valence-corrected chi connectivity index (χ2v) is 7.08. The van der Waals surface area contributed by atoms with Crippen LogP contribution in [0.5, 0.6) is 5.75 Å². The fraction of sp³-hybridized carbons (Fsp3) is 0.261. The molecule has 0 aliphatic heterocycles. The maximum atomic E-state index is 12.3. The van der Waals surface area contributed by atoms with E-state index in [4.69, 9.17) is 14.0 Å². The van der Waals surface area contributed by atoms with Gasteiger partial charge in [0.2, 0.25) is 0 Å². The number of esters is 1. The third-order valence-electron chi connectivity index (χ3n) is 4.34. The third-order valence-corrected chi connectivity index (χ3v) is 4.34. The number of aromatic nitrogens is 1. The SMILES string of the molecule is Cc1noc(C(C)C)c1C(=O)OCC(=O)Nc1ccc(OCc2ccccc2)cc1. The normalized spacial score (nSPS) is 10.7. The van der Waals surface area contributed by atoms with Crippen molar-refractivity contribution < 1.29 is 23.6 Å². The molecule has 1 heterocycles. The molecule has 0 atom stereocenters.